The van der Waals surface area contributed by atoms with Crippen molar-refractivity contribution < 1.29 is 23.5 Å². The van der Waals surface area contributed by atoms with Gasteiger partial charge in [-0.2, -0.15) is 0 Å². The lowest BCUT2D eigenvalue weighted by Gasteiger charge is -2.13. The topological polar surface area (TPSA) is 76.1 Å². The Hall–Kier alpha value is -0.200. The van der Waals surface area contributed by atoms with Crippen LogP contribution < -0.4 is 0 Å². The lowest BCUT2D eigenvalue weighted by molar-refractivity contribution is -0.138. The van der Waals surface area contributed by atoms with Crippen molar-refractivity contribution in [2.75, 3.05) is 26.0 Å². The number of nitrogens with zero attached hydrogens (tertiary/aromatic N) is 1. The maximum atomic E-state index is 11.9. The highest BCUT2D eigenvalue weighted by atomic mass is 32.2. The van der Waals surface area contributed by atoms with Gasteiger partial charge in [-0.25, -0.2) is 0 Å². The number of imide groups is 1. The third-order valence-corrected chi connectivity index (χ3v) is 4.30. The summed E-state index contributed by atoms with van der Waals surface area (Å²) in [6.45, 7) is 2.73. The number of hydrogen-bond donors (Lipinski definition) is 1. The molecular weight excluding hydrogens is 277 g/mol. The van der Waals surface area contributed by atoms with Crippen LogP contribution in [-0.4, -0.2) is 52.9 Å². The maximum absolute atomic E-state index is 11.9. The second-order valence-electron chi connectivity index (χ2n) is 3.70. The third-order valence-electron chi connectivity index (χ3n) is 2.41. The first-order valence-corrected chi connectivity index (χ1v) is 7.89. The molecule has 0 aromatic rings. The molecule has 2 amide bonds. The van der Waals surface area contributed by atoms with E-state index in [1.54, 1.807) is 0 Å². The zero-order valence-corrected chi connectivity index (χ0v) is 12.2. The van der Waals surface area contributed by atoms with Crippen LogP contribution in [0.1, 0.15) is 19.8 Å². The van der Waals surface area contributed by atoms with E-state index < -0.39 is 8.60 Å². The molecule has 104 valence electrons. The van der Waals surface area contributed by atoms with Gasteiger partial charge < -0.3 is 13.9 Å². The minimum absolute atomic E-state index is 0.0958. The first-order valence-electron chi connectivity index (χ1n) is 5.72. The molecule has 1 heterocycles. The van der Waals surface area contributed by atoms with Gasteiger partial charge in [-0.1, -0.05) is 6.92 Å². The highest BCUT2D eigenvalue weighted by molar-refractivity contribution is 8.00. The molecule has 0 aliphatic carbocycles. The monoisotopic (exact) mass is 295 g/mol. The van der Waals surface area contributed by atoms with Gasteiger partial charge in [0.15, 0.2) is 0 Å². The predicted molar refractivity (Wildman–Crippen MR) is 70.0 cm³/mol. The summed E-state index contributed by atoms with van der Waals surface area (Å²) >= 11 is 1.38. The Kier molecular flexibility index (Phi) is 7.11. The van der Waals surface area contributed by atoms with Crippen LogP contribution in [0.25, 0.3) is 0 Å². The summed E-state index contributed by atoms with van der Waals surface area (Å²) in [5.41, 5.74) is 0. The van der Waals surface area contributed by atoms with E-state index in [1.807, 2.05) is 6.92 Å². The van der Waals surface area contributed by atoms with Crippen LogP contribution in [0, 0.1) is 0 Å². The molecule has 0 aromatic carbocycles. The Bertz CT molecular complexity index is 304. The number of hydrogen-bond acceptors (Lipinski definition) is 6. The lowest BCUT2D eigenvalue weighted by atomic mass is 10.4. The summed E-state index contributed by atoms with van der Waals surface area (Å²) < 4.78 is 9.52. The summed E-state index contributed by atoms with van der Waals surface area (Å²) in [6.07, 6.45) is 1.04. The number of rotatable bonds is 8. The normalized spacial score (nSPS) is 21.7. The summed E-state index contributed by atoms with van der Waals surface area (Å²) in [7, 11) is -0.450. The molecule has 0 saturated carbocycles. The van der Waals surface area contributed by atoms with Crippen LogP contribution in [0.3, 0.4) is 0 Å². The summed E-state index contributed by atoms with van der Waals surface area (Å²) in [6, 6.07) is 0. The molecule has 6 nitrogen and oxygen atoms in total. The van der Waals surface area contributed by atoms with Crippen molar-refractivity contribution in [3.8, 4) is 0 Å². The smallest absolute Gasteiger partial charge is 0.328 e. The van der Waals surface area contributed by atoms with Crippen molar-refractivity contribution in [2.24, 2.45) is 0 Å². The van der Waals surface area contributed by atoms with Gasteiger partial charge in [0.1, 0.15) is 0 Å². The number of likely N-dealkylation sites (tertiary alicyclic amines) is 1. The standard InChI is InChI=1S/C10H18NO5PS/c1-3-4-11-9(12)7-8(10(11)13)18-6-5-16-17(14)15-2/h8,14H,3-7H2,1-2H3. The zero-order valence-electron chi connectivity index (χ0n) is 10.5. The molecule has 18 heavy (non-hydrogen) atoms. The van der Waals surface area contributed by atoms with Crippen LogP contribution in [0.15, 0.2) is 0 Å². The van der Waals surface area contributed by atoms with Gasteiger partial charge in [-0.05, 0) is 6.42 Å². The van der Waals surface area contributed by atoms with E-state index in [2.05, 4.69) is 4.52 Å². The van der Waals surface area contributed by atoms with Crippen molar-refractivity contribution in [2.45, 2.75) is 25.0 Å². The molecule has 1 aliphatic rings. The van der Waals surface area contributed by atoms with Crippen LogP contribution in [0.4, 0.5) is 0 Å². The van der Waals surface area contributed by atoms with Crippen molar-refractivity contribution in [3.63, 3.8) is 0 Å². The first-order chi connectivity index (χ1) is 8.60. The average Bonchev–Trinajstić information content (AvgIpc) is 2.62. The minimum Gasteiger partial charge on any atom is -0.328 e. The molecule has 1 aliphatic heterocycles. The third kappa shape index (κ3) is 4.48. The Morgan fingerprint density at radius 1 is 1.56 bits per heavy atom. The molecule has 1 rings (SSSR count). The van der Waals surface area contributed by atoms with Gasteiger partial charge >= 0.3 is 8.60 Å². The van der Waals surface area contributed by atoms with E-state index in [0.717, 1.165) is 6.42 Å². The Morgan fingerprint density at radius 2 is 2.28 bits per heavy atom. The Labute approximate surface area is 112 Å². The lowest BCUT2D eigenvalue weighted by Crippen LogP contribution is -2.32. The molecule has 0 spiro atoms. The van der Waals surface area contributed by atoms with Gasteiger partial charge in [-0.3, -0.25) is 14.5 Å². The quantitative estimate of drug-likeness (QED) is 0.411. The van der Waals surface area contributed by atoms with E-state index in [4.69, 9.17) is 9.42 Å². The predicted octanol–water partition coefficient (Wildman–Crippen LogP) is 1.14. The van der Waals surface area contributed by atoms with E-state index in [9.17, 15) is 9.59 Å². The Balaban J connectivity index is 2.27. The van der Waals surface area contributed by atoms with Crippen molar-refractivity contribution in [3.05, 3.63) is 0 Å². The summed E-state index contributed by atoms with van der Waals surface area (Å²) in [4.78, 5) is 33.8. The second-order valence-corrected chi connectivity index (χ2v) is 6.11. The van der Waals surface area contributed by atoms with Crippen molar-refractivity contribution >= 4 is 32.2 Å². The van der Waals surface area contributed by atoms with Gasteiger partial charge in [0.2, 0.25) is 11.8 Å². The minimum atomic E-state index is -1.81. The fourth-order valence-corrected chi connectivity index (χ4v) is 3.07. The molecule has 1 saturated heterocycles. The molecule has 1 fully saturated rings. The fraction of sp³-hybridized carbons (Fsp3) is 0.800. The molecular formula is C10H18NO5PS. The first kappa shape index (κ1) is 15.9. The highest BCUT2D eigenvalue weighted by Gasteiger charge is 2.37. The molecule has 2 atom stereocenters. The van der Waals surface area contributed by atoms with Crippen LogP contribution in [-0.2, 0) is 18.6 Å². The summed E-state index contributed by atoms with van der Waals surface area (Å²) in [5.74, 6) is 0.346. The number of thioether (sulfide) groups is 1. The van der Waals surface area contributed by atoms with Gasteiger partial charge in [0.25, 0.3) is 0 Å². The fourth-order valence-electron chi connectivity index (χ4n) is 1.60. The zero-order chi connectivity index (χ0) is 13.5. The molecule has 1 N–H and O–H groups in total. The number of carbonyl (C=O) groups excluding carboxylic acids is 2. The second kappa shape index (κ2) is 8.07. The number of carbonyl (C=O) groups is 2. The molecule has 0 radical (unpaired) electrons. The molecule has 0 aromatic heterocycles. The van der Waals surface area contributed by atoms with E-state index in [0.29, 0.717) is 18.9 Å². The maximum Gasteiger partial charge on any atom is 0.329 e. The molecule has 0 bridgehead atoms. The Morgan fingerprint density at radius 3 is 2.89 bits per heavy atom. The average molecular weight is 295 g/mol. The van der Waals surface area contributed by atoms with Crippen LogP contribution >= 0.6 is 20.4 Å². The van der Waals surface area contributed by atoms with Gasteiger partial charge in [0, 0.05) is 25.8 Å². The molecule has 2 unspecified atom stereocenters. The largest absolute Gasteiger partial charge is 0.329 e. The van der Waals surface area contributed by atoms with Crippen LogP contribution in [0.5, 0.6) is 0 Å². The SMILES string of the molecule is CCCN1C(=O)CC(SCCOP(O)OC)C1=O. The highest BCUT2D eigenvalue weighted by Crippen LogP contribution is 2.32. The van der Waals surface area contributed by atoms with Gasteiger partial charge in [-0.15, -0.1) is 11.8 Å². The number of amides is 2. The van der Waals surface area contributed by atoms with Crippen molar-refractivity contribution in [1.29, 1.82) is 0 Å². The van der Waals surface area contributed by atoms with E-state index >= 15 is 0 Å². The molecule has 8 heteroatoms. The van der Waals surface area contributed by atoms with Gasteiger partial charge in [0.05, 0.1) is 11.9 Å². The summed E-state index contributed by atoms with van der Waals surface area (Å²) in [5, 5.41) is -0.305. The van der Waals surface area contributed by atoms with E-state index in [-0.39, 0.29) is 23.5 Å². The van der Waals surface area contributed by atoms with Crippen LogP contribution in [0.2, 0.25) is 0 Å². The van der Waals surface area contributed by atoms with E-state index in [1.165, 1.54) is 23.8 Å². The van der Waals surface area contributed by atoms with Crippen molar-refractivity contribution in [1.82, 2.24) is 4.90 Å².